The maximum absolute atomic E-state index is 12.4. The van der Waals surface area contributed by atoms with Crippen LogP contribution in [0.3, 0.4) is 0 Å². The molecule has 0 N–H and O–H groups in total. The molecule has 1 amide bonds. The summed E-state index contributed by atoms with van der Waals surface area (Å²) in [5.41, 5.74) is 1.42. The third kappa shape index (κ3) is 6.35. The highest BCUT2D eigenvalue weighted by atomic mass is 35.7. The molecular weight excluding hydrogens is 418 g/mol. The summed E-state index contributed by atoms with van der Waals surface area (Å²) >= 11 is 0. The maximum atomic E-state index is 12.4. The van der Waals surface area contributed by atoms with Gasteiger partial charge in [-0.2, -0.15) is 0 Å². The lowest BCUT2D eigenvalue weighted by atomic mass is 10.2. The largest absolute Gasteiger partial charge is 0.486 e. The van der Waals surface area contributed by atoms with E-state index in [0.29, 0.717) is 24.4 Å². The third-order valence-corrected chi connectivity index (χ3v) is 5.51. The summed E-state index contributed by atoms with van der Waals surface area (Å²) in [7, 11) is 3.21. The molecule has 9 heteroatoms. The number of likely N-dealkylation sites (tertiary alicyclic amines) is 1. The third-order valence-electron chi connectivity index (χ3n) is 4.51. The van der Waals surface area contributed by atoms with Crippen LogP contribution in [0.25, 0.3) is 0 Å². The van der Waals surface area contributed by atoms with E-state index in [1.807, 2.05) is 30.3 Å². The van der Waals surface area contributed by atoms with E-state index in [9.17, 15) is 13.2 Å². The Balaban J connectivity index is 1.60. The minimum atomic E-state index is -3.66. The van der Waals surface area contributed by atoms with Crippen molar-refractivity contribution < 1.29 is 27.4 Å². The Bertz CT molecular complexity index is 937. The minimum Gasteiger partial charge on any atom is -0.486 e. The molecule has 2 aromatic rings. The monoisotopic (exact) mass is 439 g/mol. The summed E-state index contributed by atoms with van der Waals surface area (Å²) in [6.45, 7) is 0.822. The average molecular weight is 440 g/mol. The smallest absolute Gasteiger partial charge is 0.410 e. The molecule has 156 valence electrons. The summed E-state index contributed by atoms with van der Waals surface area (Å²) in [6.07, 6.45) is -1.18. The highest BCUT2D eigenvalue weighted by Crippen LogP contribution is 2.23. The number of hydrogen-bond acceptors (Lipinski definition) is 6. The van der Waals surface area contributed by atoms with Crippen LogP contribution in [0.15, 0.2) is 54.6 Å². The number of hydrogen-bond donors (Lipinski definition) is 0. The van der Waals surface area contributed by atoms with Crippen LogP contribution in [0.4, 0.5) is 4.79 Å². The zero-order valence-electron chi connectivity index (χ0n) is 15.9. The van der Waals surface area contributed by atoms with E-state index in [1.165, 1.54) is 4.90 Å². The number of halogens is 1. The zero-order chi connectivity index (χ0) is 20.9. The summed E-state index contributed by atoms with van der Waals surface area (Å²) in [4.78, 5) is 13.9. The molecule has 0 saturated carbocycles. The van der Waals surface area contributed by atoms with Crippen LogP contribution < -0.4 is 4.74 Å². The lowest BCUT2D eigenvalue weighted by Gasteiger charge is -2.19. The van der Waals surface area contributed by atoms with Crippen LogP contribution in [0.5, 0.6) is 5.75 Å². The molecule has 1 fully saturated rings. The first-order chi connectivity index (χ1) is 13.8. The first-order valence-electron chi connectivity index (χ1n) is 9.00. The summed E-state index contributed by atoms with van der Waals surface area (Å²) < 4.78 is 39.4. The van der Waals surface area contributed by atoms with E-state index < -0.39 is 21.2 Å². The molecule has 1 heterocycles. The molecule has 1 aliphatic heterocycles. The molecule has 0 aliphatic carbocycles. The van der Waals surface area contributed by atoms with Gasteiger partial charge >= 0.3 is 6.09 Å². The molecule has 2 atom stereocenters. The quantitative estimate of drug-likeness (QED) is 0.616. The SMILES string of the molecule is CO[C@H]1CN(C(=O)OCc2ccccc2)C[C@@H]1Oc1cccc(CS(=O)(=O)Cl)c1. The van der Waals surface area contributed by atoms with Gasteiger partial charge in [0.25, 0.3) is 0 Å². The van der Waals surface area contributed by atoms with E-state index in [4.69, 9.17) is 24.9 Å². The van der Waals surface area contributed by atoms with Crippen LogP contribution in [0.1, 0.15) is 11.1 Å². The molecular formula is C20H22ClNO6S. The highest BCUT2D eigenvalue weighted by molar-refractivity contribution is 8.13. The fourth-order valence-electron chi connectivity index (χ4n) is 3.13. The zero-order valence-corrected chi connectivity index (χ0v) is 17.4. The Labute approximate surface area is 174 Å². The first-order valence-corrected chi connectivity index (χ1v) is 11.5. The van der Waals surface area contributed by atoms with Gasteiger partial charge in [-0.3, -0.25) is 0 Å². The lowest BCUT2D eigenvalue weighted by molar-refractivity contribution is 0.0338. The lowest BCUT2D eigenvalue weighted by Crippen LogP contribution is -2.32. The number of amides is 1. The van der Waals surface area contributed by atoms with Crippen molar-refractivity contribution in [2.75, 3.05) is 20.2 Å². The number of benzene rings is 2. The predicted octanol–water partition coefficient (Wildman–Crippen LogP) is 3.17. The van der Waals surface area contributed by atoms with E-state index >= 15 is 0 Å². The van der Waals surface area contributed by atoms with Crippen LogP contribution in [-0.4, -0.2) is 51.8 Å². The van der Waals surface area contributed by atoms with Gasteiger partial charge in [0.15, 0.2) is 0 Å². The molecule has 0 bridgehead atoms. The van der Waals surface area contributed by atoms with Crippen molar-refractivity contribution in [3.05, 3.63) is 65.7 Å². The molecule has 2 aromatic carbocycles. The summed E-state index contributed by atoms with van der Waals surface area (Å²) in [5.74, 6) is 0.191. The van der Waals surface area contributed by atoms with Crippen molar-refractivity contribution in [1.29, 1.82) is 0 Å². The Hall–Kier alpha value is -2.29. The number of methoxy groups -OCH3 is 1. The van der Waals surface area contributed by atoms with Gasteiger partial charge in [0.1, 0.15) is 24.6 Å². The van der Waals surface area contributed by atoms with Gasteiger partial charge in [-0.15, -0.1) is 0 Å². The Kier molecular flexibility index (Phi) is 7.00. The van der Waals surface area contributed by atoms with Crippen molar-refractivity contribution in [1.82, 2.24) is 4.90 Å². The topological polar surface area (TPSA) is 82.1 Å². The second kappa shape index (κ2) is 9.47. The highest BCUT2D eigenvalue weighted by Gasteiger charge is 2.38. The van der Waals surface area contributed by atoms with E-state index in [0.717, 1.165) is 5.56 Å². The average Bonchev–Trinajstić information content (AvgIpc) is 3.09. The molecule has 7 nitrogen and oxygen atoms in total. The van der Waals surface area contributed by atoms with Crippen LogP contribution >= 0.6 is 10.7 Å². The molecule has 0 aromatic heterocycles. The normalized spacial score (nSPS) is 19.2. The fraction of sp³-hybridized carbons (Fsp3) is 0.350. The van der Waals surface area contributed by atoms with E-state index in [2.05, 4.69) is 0 Å². The minimum absolute atomic E-state index is 0.189. The number of nitrogens with zero attached hydrogens (tertiary/aromatic N) is 1. The summed E-state index contributed by atoms with van der Waals surface area (Å²) in [6, 6.07) is 16.1. The van der Waals surface area contributed by atoms with Crippen LogP contribution in [-0.2, 0) is 30.9 Å². The molecule has 1 saturated heterocycles. The maximum Gasteiger partial charge on any atom is 0.410 e. The second-order valence-electron chi connectivity index (χ2n) is 6.71. The Morgan fingerprint density at radius 3 is 2.45 bits per heavy atom. The van der Waals surface area contributed by atoms with E-state index in [1.54, 1.807) is 31.4 Å². The predicted molar refractivity (Wildman–Crippen MR) is 108 cm³/mol. The fourth-order valence-corrected chi connectivity index (χ4v) is 4.08. The number of ether oxygens (including phenoxy) is 3. The van der Waals surface area contributed by atoms with Crippen LogP contribution in [0, 0.1) is 0 Å². The van der Waals surface area contributed by atoms with Gasteiger partial charge < -0.3 is 19.1 Å². The van der Waals surface area contributed by atoms with Crippen molar-refractivity contribution in [2.45, 2.75) is 24.6 Å². The van der Waals surface area contributed by atoms with E-state index in [-0.39, 0.29) is 18.5 Å². The molecule has 3 rings (SSSR count). The van der Waals surface area contributed by atoms with Crippen molar-refractivity contribution in [2.24, 2.45) is 0 Å². The van der Waals surface area contributed by atoms with Crippen molar-refractivity contribution in [3.8, 4) is 5.75 Å². The molecule has 0 spiro atoms. The molecule has 1 aliphatic rings. The number of rotatable bonds is 7. The molecule has 0 unspecified atom stereocenters. The Morgan fingerprint density at radius 2 is 1.76 bits per heavy atom. The van der Waals surface area contributed by atoms with Gasteiger partial charge in [-0.05, 0) is 23.3 Å². The first kappa shape index (κ1) is 21.4. The van der Waals surface area contributed by atoms with Crippen molar-refractivity contribution in [3.63, 3.8) is 0 Å². The molecule has 0 radical (unpaired) electrons. The standard InChI is InChI=1S/C20H22ClNO6S/c1-26-18-11-22(20(23)27-13-15-6-3-2-4-7-15)12-19(18)28-17-9-5-8-16(10-17)14-29(21,24)25/h2-10,18-19H,11-14H2,1H3/t18-,19-/m0/s1. The van der Waals surface area contributed by atoms with Gasteiger partial charge in [0.05, 0.1) is 18.8 Å². The second-order valence-corrected chi connectivity index (χ2v) is 9.48. The number of carbonyl (C=O) groups is 1. The molecule has 29 heavy (non-hydrogen) atoms. The Morgan fingerprint density at radius 1 is 1.07 bits per heavy atom. The number of carbonyl (C=O) groups excluding carboxylic acids is 1. The van der Waals surface area contributed by atoms with Gasteiger partial charge in [-0.25, -0.2) is 13.2 Å². The van der Waals surface area contributed by atoms with Crippen LogP contribution in [0.2, 0.25) is 0 Å². The van der Waals surface area contributed by atoms with Gasteiger partial charge in [0, 0.05) is 17.8 Å². The van der Waals surface area contributed by atoms with Gasteiger partial charge in [-0.1, -0.05) is 42.5 Å². The van der Waals surface area contributed by atoms with Gasteiger partial charge in [0.2, 0.25) is 9.05 Å². The summed E-state index contributed by atoms with van der Waals surface area (Å²) in [5, 5.41) is 0. The van der Waals surface area contributed by atoms with Crippen molar-refractivity contribution >= 4 is 25.8 Å².